The van der Waals surface area contributed by atoms with E-state index in [0.29, 0.717) is 31.1 Å². The normalized spacial score (nSPS) is 44.0. The average Bonchev–Trinajstić information content (AvgIpc) is 2.90. The van der Waals surface area contributed by atoms with Crippen LogP contribution in [0.2, 0.25) is 0 Å². The number of rotatable bonds is 5. The molecule has 0 N–H and O–H groups in total. The van der Waals surface area contributed by atoms with E-state index in [9.17, 15) is 9.59 Å². The van der Waals surface area contributed by atoms with E-state index in [1.54, 1.807) is 12.7 Å². The maximum absolute atomic E-state index is 13.5. The van der Waals surface area contributed by atoms with Crippen molar-refractivity contribution < 1.29 is 19.1 Å². The summed E-state index contributed by atoms with van der Waals surface area (Å²) in [6.07, 6.45) is 20.3. The summed E-state index contributed by atoms with van der Waals surface area (Å²) < 4.78 is 11.7. The van der Waals surface area contributed by atoms with Gasteiger partial charge >= 0.3 is 11.9 Å². The predicted molar refractivity (Wildman–Crippen MR) is 164 cm³/mol. The zero-order valence-corrected chi connectivity index (χ0v) is 27.3. The molecule has 4 nitrogen and oxygen atoms in total. The Morgan fingerprint density at radius 1 is 0.951 bits per heavy atom. The molecule has 0 spiro atoms. The molecule has 4 saturated carbocycles. The van der Waals surface area contributed by atoms with Gasteiger partial charge in [0, 0.05) is 18.3 Å². The summed E-state index contributed by atoms with van der Waals surface area (Å²) >= 11 is 0. The van der Waals surface area contributed by atoms with Crippen LogP contribution < -0.4 is 0 Å². The van der Waals surface area contributed by atoms with Crippen LogP contribution in [0, 0.1) is 62.6 Å². The molecule has 5 aliphatic rings. The van der Waals surface area contributed by atoms with Gasteiger partial charge in [-0.25, -0.2) is 0 Å². The summed E-state index contributed by atoms with van der Waals surface area (Å²) in [5, 5.41) is 0. The smallest absolute Gasteiger partial charge is 0.312 e. The first-order valence-corrected chi connectivity index (χ1v) is 16.5. The van der Waals surface area contributed by atoms with Crippen molar-refractivity contribution in [3.05, 3.63) is 11.6 Å². The fourth-order valence-electron chi connectivity index (χ4n) is 11.6. The number of methoxy groups -OCH3 is 1. The highest BCUT2D eigenvalue weighted by Crippen LogP contribution is 2.76. The fraction of sp³-hybridized carbons (Fsp3) is 0.838. The van der Waals surface area contributed by atoms with Crippen LogP contribution in [0.4, 0.5) is 0 Å². The first-order valence-electron chi connectivity index (χ1n) is 16.5. The molecule has 0 saturated heterocycles. The Balaban J connectivity index is 1.46. The van der Waals surface area contributed by atoms with Crippen LogP contribution in [-0.2, 0) is 19.1 Å². The number of allylic oxidation sites excluding steroid dienone is 2. The number of esters is 2. The van der Waals surface area contributed by atoms with Gasteiger partial charge in [0.1, 0.15) is 6.10 Å². The van der Waals surface area contributed by atoms with Crippen molar-refractivity contribution in [3.8, 4) is 12.3 Å². The van der Waals surface area contributed by atoms with Gasteiger partial charge in [-0.3, -0.25) is 9.59 Å². The molecule has 41 heavy (non-hydrogen) atoms. The van der Waals surface area contributed by atoms with Crippen LogP contribution >= 0.6 is 0 Å². The Bertz CT molecular complexity index is 1140. The Labute approximate surface area is 250 Å². The van der Waals surface area contributed by atoms with Gasteiger partial charge in [0.05, 0.1) is 12.5 Å². The van der Waals surface area contributed by atoms with E-state index < -0.39 is 0 Å². The van der Waals surface area contributed by atoms with Crippen LogP contribution in [0.15, 0.2) is 11.6 Å². The monoisotopic (exact) mass is 564 g/mol. The van der Waals surface area contributed by atoms with Gasteiger partial charge in [-0.1, -0.05) is 60.1 Å². The van der Waals surface area contributed by atoms with Crippen LogP contribution in [0.1, 0.15) is 132 Å². The number of carbonyl (C=O) groups excluding carboxylic acids is 2. The number of fused-ring (bicyclic) bond motifs is 7. The largest absolute Gasteiger partial charge is 0.469 e. The zero-order chi connectivity index (χ0) is 30.1. The van der Waals surface area contributed by atoms with Crippen molar-refractivity contribution in [3.63, 3.8) is 0 Å². The number of hydrogen-bond acceptors (Lipinski definition) is 4. The van der Waals surface area contributed by atoms with Crippen LogP contribution in [0.5, 0.6) is 0 Å². The third kappa shape index (κ3) is 4.45. The summed E-state index contributed by atoms with van der Waals surface area (Å²) in [5.74, 6) is 3.94. The second-order valence-corrected chi connectivity index (χ2v) is 16.8. The van der Waals surface area contributed by atoms with Gasteiger partial charge in [-0.15, -0.1) is 12.3 Å². The summed E-state index contributed by atoms with van der Waals surface area (Å²) in [5.41, 5.74) is 1.85. The SMILES string of the molecule is C#CCCCC(=O)O[C@H]1CC[C@]2(C)[C@H]3CC=C4[C@@H]5CC(C)(C)CC[C@]5(C(=O)OC)CC[C@@]4(C)[C@]3(C)CC[C@H]2C1(C)C. The maximum atomic E-state index is 13.5. The van der Waals surface area contributed by atoms with E-state index in [2.05, 4.69) is 60.5 Å². The first kappa shape index (κ1) is 30.7. The molecule has 0 aromatic carbocycles. The van der Waals surface area contributed by atoms with Gasteiger partial charge in [0.2, 0.25) is 0 Å². The van der Waals surface area contributed by atoms with E-state index >= 15 is 0 Å². The highest BCUT2D eigenvalue weighted by molar-refractivity contribution is 5.78. The van der Waals surface area contributed by atoms with E-state index in [1.165, 1.54) is 12.8 Å². The molecule has 0 aromatic rings. The quantitative estimate of drug-likeness (QED) is 0.145. The predicted octanol–water partition coefficient (Wildman–Crippen LogP) is 8.68. The highest BCUT2D eigenvalue weighted by atomic mass is 16.5. The second-order valence-electron chi connectivity index (χ2n) is 16.8. The Hall–Kier alpha value is -1.76. The Morgan fingerprint density at radius 2 is 1.66 bits per heavy atom. The van der Waals surface area contributed by atoms with Crippen molar-refractivity contribution in [2.24, 2.45) is 50.2 Å². The molecule has 0 radical (unpaired) electrons. The molecule has 0 aromatic heterocycles. The summed E-state index contributed by atoms with van der Waals surface area (Å²) in [7, 11) is 1.59. The number of carbonyl (C=O) groups is 2. The van der Waals surface area contributed by atoms with Crippen LogP contribution in [-0.4, -0.2) is 25.2 Å². The number of unbranched alkanes of at least 4 members (excludes halogenated alkanes) is 1. The topological polar surface area (TPSA) is 52.6 Å². The minimum absolute atomic E-state index is 0.0257. The number of hydrogen-bond donors (Lipinski definition) is 0. The lowest BCUT2D eigenvalue weighted by molar-refractivity contribution is -0.214. The van der Waals surface area contributed by atoms with Crippen molar-refractivity contribution in [1.82, 2.24) is 0 Å². The Morgan fingerprint density at radius 3 is 2.34 bits per heavy atom. The highest BCUT2D eigenvalue weighted by Gasteiger charge is 2.69. The Kier molecular flexibility index (Phi) is 7.61. The van der Waals surface area contributed by atoms with Crippen LogP contribution in [0.25, 0.3) is 0 Å². The summed E-state index contributed by atoms with van der Waals surface area (Å²) in [6.45, 7) is 17.2. The van der Waals surface area contributed by atoms with Crippen molar-refractivity contribution in [1.29, 1.82) is 0 Å². The second kappa shape index (κ2) is 10.2. The minimum Gasteiger partial charge on any atom is -0.469 e. The lowest BCUT2D eigenvalue weighted by Crippen LogP contribution is -2.65. The van der Waals surface area contributed by atoms with Gasteiger partial charge in [-0.2, -0.15) is 0 Å². The molecular weight excluding hydrogens is 508 g/mol. The third-order valence-corrected chi connectivity index (χ3v) is 14.1. The summed E-state index contributed by atoms with van der Waals surface area (Å²) in [4.78, 5) is 26.2. The zero-order valence-electron chi connectivity index (χ0n) is 27.3. The molecule has 228 valence electrons. The van der Waals surface area contributed by atoms with Gasteiger partial charge in [-0.05, 0) is 110 Å². The third-order valence-electron chi connectivity index (χ3n) is 14.1. The van der Waals surface area contributed by atoms with Crippen molar-refractivity contribution >= 4 is 11.9 Å². The first-order chi connectivity index (χ1) is 19.1. The number of terminal acetylenes is 1. The van der Waals surface area contributed by atoms with E-state index in [4.69, 9.17) is 15.9 Å². The van der Waals surface area contributed by atoms with Crippen molar-refractivity contribution in [2.75, 3.05) is 7.11 Å². The van der Waals surface area contributed by atoms with Gasteiger partial charge in [0.15, 0.2) is 0 Å². The number of ether oxygens (including phenoxy) is 2. The lowest BCUT2D eigenvalue weighted by atomic mass is 9.33. The molecule has 0 bridgehead atoms. The standard InChI is InChI=1S/C37H56O4/c1-10-11-12-13-30(38)41-29-17-18-34(6)27(33(29,4)5)16-19-36(8)28(34)15-14-25-26-24-32(2,3)20-22-37(26,31(39)40-9)23-21-35(25,36)7/h1,14,26-29H,11-13,15-24H2,2-9H3/t26-,27-,28+,29-,34-,35+,36+,37-/m0/s1. The molecule has 8 atom stereocenters. The minimum atomic E-state index is -0.357. The molecular formula is C37H56O4. The molecule has 0 unspecified atom stereocenters. The maximum Gasteiger partial charge on any atom is 0.312 e. The molecule has 0 heterocycles. The fourth-order valence-corrected chi connectivity index (χ4v) is 11.6. The molecule has 5 rings (SSSR count). The van der Waals surface area contributed by atoms with Gasteiger partial charge < -0.3 is 9.47 Å². The summed E-state index contributed by atoms with van der Waals surface area (Å²) in [6, 6.07) is 0. The van der Waals surface area contributed by atoms with E-state index in [0.717, 1.165) is 51.4 Å². The van der Waals surface area contributed by atoms with E-state index in [1.807, 2.05) is 0 Å². The van der Waals surface area contributed by atoms with Crippen LogP contribution in [0.3, 0.4) is 0 Å². The van der Waals surface area contributed by atoms with E-state index in [-0.39, 0.29) is 56.5 Å². The molecule has 0 aliphatic heterocycles. The molecule has 4 fully saturated rings. The average molecular weight is 565 g/mol. The molecule has 4 heteroatoms. The van der Waals surface area contributed by atoms with Gasteiger partial charge in [0.25, 0.3) is 0 Å². The molecule has 5 aliphatic carbocycles. The lowest BCUT2D eigenvalue weighted by Gasteiger charge is -2.71. The molecule has 0 amide bonds. The van der Waals surface area contributed by atoms with Crippen molar-refractivity contribution in [2.45, 2.75) is 138 Å².